The number of esters is 2. The summed E-state index contributed by atoms with van der Waals surface area (Å²) in [6, 6.07) is 44.5. The first kappa shape index (κ1) is 41.9. The van der Waals surface area contributed by atoms with Crippen LogP contribution >= 0.6 is 0 Å². The molecule has 0 atom stereocenters. The van der Waals surface area contributed by atoms with Gasteiger partial charge in [-0.05, 0) is 159 Å². The van der Waals surface area contributed by atoms with Crippen molar-refractivity contribution >= 4 is 45.5 Å². The fraction of sp³-hybridized carbons (Fsp3) is 0.208. The lowest BCUT2D eigenvalue weighted by molar-refractivity contribution is -0.144. The number of benzene rings is 6. The lowest BCUT2D eigenvalue weighted by Gasteiger charge is -2.19. The molecular weight excluding hydrogens is 725 g/mol. The van der Waals surface area contributed by atoms with Gasteiger partial charge >= 0.3 is 11.9 Å². The van der Waals surface area contributed by atoms with Crippen LogP contribution in [-0.2, 0) is 9.59 Å². The summed E-state index contributed by atoms with van der Waals surface area (Å²) in [6.45, 7) is 11.4. The Morgan fingerprint density at radius 3 is 1.26 bits per heavy atom. The molecule has 0 amide bonds. The summed E-state index contributed by atoms with van der Waals surface area (Å²) in [5.41, 5.74) is 5.10. The molecule has 0 radical (unpaired) electrons. The van der Waals surface area contributed by atoms with Crippen LogP contribution in [0.3, 0.4) is 0 Å². The van der Waals surface area contributed by atoms with E-state index in [1.54, 1.807) is 66.7 Å². The average molecular weight is 769 g/mol. The summed E-state index contributed by atoms with van der Waals surface area (Å²) in [5.74, 6) is 0.485. The molecule has 0 aliphatic heterocycles. The van der Waals surface area contributed by atoms with Crippen LogP contribution in [0.25, 0.3) is 21.9 Å². The van der Waals surface area contributed by atoms with E-state index in [4.69, 9.17) is 20.0 Å². The van der Waals surface area contributed by atoms with Crippen LogP contribution in [0.15, 0.2) is 154 Å². The van der Waals surface area contributed by atoms with Gasteiger partial charge in [0, 0.05) is 0 Å². The van der Waals surface area contributed by atoms with E-state index in [1.807, 2.05) is 108 Å². The molecule has 0 aliphatic carbocycles. The molecule has 0 saturated heterocycles. The lowest BCUT2D eigenvalue weighted by atomic mass is 9.91. The maximum Gasteiger partial charge on any atom is 0.316 e. The number of ether oxygens (including phenoxy) is 2. The number of fused-ring (bicyclic) bond motifs is 1. The molecule has 0 heterocycles. The van der Waals surface area contributed by atoms with E-state index in [-0.39, 0.29) is 11.9 Å². The molecule has 0 aromatic heterocycles. The molecule has 290 valence electrons. The maximum atomic E-state index is 12.1. The van der Waals surface area contributed by atoms with Crippen molar-refractivity contribution in [3.8, 4) is 34.8 Å². The van der Waals surface area contributed by atoms with Crippen molar-refractivity contribution in [2.24, 2.45) is 31.3 Å². The van der Waals surface area contributed by atoms with Crippen LogP contribution < -0.4 is 9.47 Å². The lowest BCUT2D eigenvalue weighted by Crippen LogP contribution is -2.28. The number of hydrogen-bond acceptors (Lipinski definition) is 10. The molecule has 58 heavy (non-hydrogen) atoms. The van der Waals surface area contributed by atoms with Crippen LogP contribution in [0.4, 0.5) is 22.7 Å². The van der Waals surface area contributed by atoms with Crippen molar-refractivity contribution in [1.29, 1.82) is 10.5 Å². The molecule has 6 aromatic carbocycles. The van der Waals surface area contributed by atoms with Gasteiger partial charge in [0.25, 0.3) is 0 Å². The van der Waals surface area contributed by atoms with Gasteiger partial charge in [-0.3, -0.25) is 9.59 Å². The van der Waals surface area contributed by atoms with E-state index in [1.165, 1.54) is 0 Å². The Labute approximate surface area is 339 Å². The molecular formula is C48H44N6O4. The minimum absolute atomic E-state index is 0.248. The summed E-state index contributed by atoms with van der Waals surface area (Å²) in [4.78, 5) is 24.3. The second-order valence-corrected chi connectivity index (χ2v) is 14.7. The summed E-state index contributed by atoms with van der Waals surface area (Å²) >= 11 is 0. The summed E-state index contributed by atoms with van der Waals surface area (Å²) in [5, 5.41) is 36.8. The van der Waals surface area contributed by atoms with Gasteiger partial charge in [0.2, 0.25) is 0 Å². The van der Waals surface area contributed by atoms with Crippen molar-refractivity contribution < 1.29 is 19.1 Å². The van der Waals surface area contributed by atoms with E-state index in [0.29, 0.717) is 46.8 Å². The predicted molar refractivity (Wildman–Crippen MR) is 226 cm³/mol. The van der Waals surface area contributed by atoms with Crippen LogP contribution in [0.2, 0.25) is 0 Å². The standard InChI is InChI=1S/C25H23N3O2.C23H21N3O2/c1-4-25(2,3)24(29)30-23-15-13-22(14-16-23)28-27-21-11-9-20(10-12-21)19-7-5-18(17-26)6-8-19;1-4-23(2,3)22(27)28-21-11-9-19(10-12-21)25-26-20-8-7-17-13-16(15-24)5-6-18(17)14-20/h5-16H,4H2,1-3H3;5-14H,4H2,1-3H3. The molecule has 6 aromatic rings. The number of carbonyl (C=O) groups excluding carboxylic acids is 2. The zero-order valence-electron chi connectivity index (χ0n) is 33.4. The van der Waals surface area contributed by atoms with Crippen molar-refractivity contribution in [2.75, 3.05) is 0 Å². The molecule has 0 N–H and O–H groups in total. The van der Waals surface area contributed by atoms with Gasteiger partial charge in [0.1, 0.15) is 11.5 Å². The van der Waals surface area contributed by atoms with Gasteiger partial charge in [-0.25, -0.2) is 0 Å². The first-order valence-electron chi connectivity index (χ1n) is 18.8. The fourth-order valence-electron chi connectivity index (χ4n) is 4.99. The minimum Gasteiger partial charge on any atom is -0.426 e. The second kappa shape index (κ2) is 19.0. The third-order valence-electron chi connectivity index (χ3n) is 9.70. The molecule has 0 saturated carbocycles. The number of hydrogen-bond donors (Lipinski definition) is 0. The van der Waals surface area contributed by atoms with Gasteiger partial charge in [0.05, 0.1) is 56.8 Å². The number of azo groups is 2. The van der Waals surface area contributed by atoms with Crippen LogP contribution in [0.5, 0.6) is 11.5 Å². The van der Waals surface area contributed by atoms with Gasteiger partial charge in [0.15, 0.2) is 0 Å². The highest BCUT2D eigenvalue weighted by Crippen LogP contribution is 2.29. The highest BCUT2D eigenvalue weighted by Gasteiger charge is 2.28. The van der Waals surface area contributed by atoms with Gasteiger partial charge < -0.3 is 9.47 Å². The van der Waals surface area contributed by atoms with E-state index in [9.17, 15) is 9.59 Å². The molecule has 0 spiro atoms. The summed E-state index contributed by atoms with van der Waals surface area (Å²) in [6.07, 6.45) is 1.42. The normalized spacial score (nSPS) is 11.4. The highest BCUT2D eigenvalue weighted by molar-refractivity contribution is 5.86. The van der Waals surface area contributed by atoms with Crippen LogP contribution in [0.1, 0.15) is 65.5 Å². The third-order valence-corrected chi connectivity index (χ3v) is 9.70. The van der Waals surface area contributed by atoms with Crippen molar-refractivity contribution in [3.63, 3.8) is 0 Å². The largest absolute Gasteiger partial charge is 0.426 e. The Morgan fingerprint density at radius 1 is 0.483 bits per heavy atom. The molecule has 10 heteroatoms. The first-order chi connectivity index (χ1) is 27.8. The quantitative estimate of drug-likeness (QED) is 0.0727. The molecule has 0 unspecified atom stereocenters. The fourth-order valence-corrected chi connectivity index (χ4v) is 4.99. The van der Waals surface area contributed by atoms with Crippen LogP contribution in [-0.4, -0.2) is 11.9 Å². The Balaban J connectivity index is 0.000000221. The SMILES string of the molecule is CCC(C)(C)C(=O)Oc1ccc(N=Nc2ccc(-c3ccc(C#N)cc3)cc2)cc1.CCC(C)(C)C(=O)Oc1ccc(N=Nc2ccc3cc(C#N)ccc3c2)cc1. The van der Waals surface area contributed by atoms with E-state index in [2.05, 4.69) is 32.6 Å². The van der Waals surface area contributed by atoms with Crippen molar-refractivity contribution in [3.05, 3.63) is 145 Å². The van der Waals surface area contributed by atoms with Crippen molar-refractivity contribution in [2.45, 2.75) is 54.4 Å². The number of nitriles is 2. The molecule has 0 bridgehead atoms. The van der Waals surface area contributed by atoms with Crippen molar-refractivity contribution in [1.82, 2.24) is 0 Å². The molecule has 0 aliphatic rings. The highest BCUT2D eigenvalue weighted by atomic mass is 16.5. The summed E-state index contributed by atoms with van der Waals surface area (Å²) < 4.78 is 10.8. The predicted octanol–water partition coefficient (Wildman–Crippen LogP) is 13.5. The first-order valence-corrected chi connectivity index (χ1v) is 18.8. The smallest absolute Gasteiger partial charge is 0.316 e. The van der Waals surface area contributed by atoms with E-state index >= 15 is 0 Å². The Hall–Kier alpha value is -7.30. The molecule has 10 nitrogen and oxygen atoms in total. The number of carbonyl (C=O) groups is 2. The minimum atomic E-state index is -0.512. The number of nitrogens with zero attached hydrogens (tertiary/aromatic N) is 6. The maximum absolute atomic E-state index is 12.1. The monoisotopic (exact) mass is 768 g/mol. The third kappa shape index (κ3) is 11.4. The molecule has 6 rings (SSSR count). The number of rotatable bonds is 11. The Kier molecular flexibility index (Phi) is 13.7. The van der Waals surface area contributed by atoms with Gasteiger partial charge in [-0.2, -0.15) is 31.0 Å². The van der Waals surface area contributed by atoms with E-state index < -0.39 is 10.8 Å². The zero-order chi connectivity index (χ0) is 41.7. The Morgan fingerprint density at radius 2 is 0.828 bits per heavy atom. The van der Waals surface area contributed by atoms with Gasteiger partial charge in [-0.1, -0.05) is 50.2 Å². The Bertz CT molecular complexity index is 2510. The zero-order valence-corrected chi connectivity index (χ0v) is 33.4. The molecule has 0 fully saturated rings. The van der Waals surface area contributed by atoms with Gasteiger partial charge in [-0.15, -0.1) is 0 Å². The van der Waals surface area contributed by atoms with E-state index in [0.717, 1.165) is 33.3 Å². The van der Waals surface area contributed by atoms with Crippen LogP contribution in [0, 0.1) is 33.5 Å². The average Bonchev–Trinajstić information content (AvgIpc) is 3.26. The second-order valence-electron chi connectivity index (χ2n) is 14.7. The topological polar surface area (TPSA) is 150 Å². The summed E-state index contributed by atoms with van der Waals surface area (Å²) in [7, 11) is 0.